The number of amides is 1. The molecule has 1 N–H and O–H groups in total. The highest BCUT2D eigenvalue weighted by atomic mass is 31.2. The van der Waals surface area contributed by atoms with E-state index in [2.05, 4.69) is 62.5 Å². The van der Waals surface area contributed by atoms with Crippen molar-refractivity contribution in [1.29, 1.82) is 0 Å². The number of quaternary nitrogens is 1. The Morgan fingerprint density at radius 3 is 1.37 bits per heavy atom. The third kappa shape index (κ3) is 57.4. The van der Waals surface area contributed by atoms with Gasteiger partial charge in [0.05, 0.1) is 33.8 Å². The summed E-state index contributed by atoms with van der Waals surface area (Å²) in [6.45, 7) is 6.64. The van der Waals surface area contributed by atoms with E-state index in [4.69, 9.17) is 13.8 Å². The number of carbonyl (C=O) groups excluding carboxylic acids is 2. The third-order valence-corrected chi connectivity index (χ3v) is 14.6. The number of phosphoric ester groups is 1. The lowest BCUT2D eigenvalue weighted by atomic mass is 10.0. The smallest absolute Gasteiger partial charge is 0.306 e. The Labute approximate surface area is 481 Å². The van der Waals surface area contributed by atoms with Gasteiger partial charge in [-0.3, -0.25) is 14.2 Å². The zero-order chi connectivity index (χ0) is 57.2. The molecule has 0 aromatic heterocycles. The van der Waals surface area contributed by atoms with Crippen molar-refractivity contribution in [3.8, 4) is 0 Å². The zero-order valence-electron chi connectivity index (χ0n) is 51.1. The largest absolute Gasteiger partial charge is 0.756 e. The lowest BCUT2D eigenvalue weighted by Crippen LogP contribution is -2.47. The first kappa shape index (κ1) is 74.7. The van der Waals surface area contributed by atoms with Gasteiger partial charge in [0.2, 0.25) is 5.91 Å². The second-order valence-electron chi connectivity index (χ2n) is 22.3. The molecule has 0 saturated carbocycles. The van der Waals surface area contributed by atoms with E-state index in [1.807, 2.05) is 94.1 Å². The van der Waals surface area contributed by atoms with Crippen molar-refractivity contribution < 1.29 is 37.3 Å². The first-order valence-electron chi connectivity index (χ1n) is 31.8. The highest BCUT2D eigenvalue weighted by molar-refractivity contribution is 7.45. The molecule has 3 unspecified atom stereocenters. The lowest BCUT2D eigenvalue weighted by Gasteiger charge is -2.30. The van der Waals surface area contributed by atoms with E-state index in [-0.39, 0.29) is 24.9 Å². The molecule has 0 spiro atoms. The number of nitrogens with one attached hydrogen (secondary N) is 1. The van der Waals surface area contributed by atoms with E-state index in [0.29, 0.717) is 23.9 Å². The van der Waals surface area contributed by atoms with Crippen LogP contribution in [0.25, 0.3) is 0 Å². The lowest BCUT2D eigenvalue weighted by molar-refractivity contribution is -0.870. The summed E-state index contributed by atoms with van der Waals surface area (Å²) < 4.78 is 30.3. The fourth-order valence-electron chi connectivity index (χ4n) is 8.70. The van der Waals surface area contributed by atoms with Gasteiger partial charge >= 0.3 is 5.97 Å². The van der Waals surface area contributed by atoms with Crippen molar-refractivity contribution in [2.45, 2.75) is 270 Å². The summed E-state index contributed by atoms with van der Waals surface area (Å²) in [5, 5.41) is 3.02. The van der Waals surface area contributed by atoms with E-state index in [1.165, 1.54) is 141 Å². The number of carbonyl (C=O) groups is 2. The molecule has 0 heterocycles. The summed E-state index contributed by atoms with van der Waals surface area (Å²) in [4.78, 5) is 40.0. The number of likely N-dealkylation sites (N-methyl/N-ethyl adjacent to an activating group) is 1. The molecule has 78 heavy (non-hydrogen) atoms. The number of ether oxygens (including phenoxy) is 1. The van der Waals surface area contributed by atoms with Gasteiger partial charge in [0.25, 0.3) is 7.82 Å². The molecule has 0 aliphatic rings. The van der Waals surface area contributed by atoms with Crippen LogP contribution in [-0.4, -0.2) is 69.4 Å². The van der Waals surface area contributed by atoms with Crippen molar-refractivity contribution in [3.63, 3.8) is 0 Å². The van der Waals surface area contributed by atoms with Gasteiger partial charge in [-0.25, -0.2) is 0 Å². The Morgan fingerprint density at radius 1 is 0.474 bits per heavy atom. The van der Waals surface area contributed by atoms with Crippen LogP contribution in [0.4, 0.5) is 0 Å². The van der Waals surface area contributed by atoms with Crippen LogP contribution in [0.3, 0.4) is 0 Å². The van der Waals surface area contributed by atoms with E-state index >= 15 is 0 Å². The van der Waals surface area contributed by atoms with Crippen LogP contribution in [0.1, 0.15) is 258 Å². The Hall–Kier alpha value is -3.33. The molecule has 0 aliphatic carbocycles. The van der Waals surface area contributed by atoms with Crippen molar-refractivity contribution in [1.82, 2.24) is 5.32 Å². The predicted octanol–water partition coefficient (Wildman–Crippen LogP) is 19.1. The molecule has 10 heteroatoms. The summed E-state index contributed by atoms with van der Waals surface area (Å²) >= 11 is 0. The number of nitrogens with zero attached hydrogens (tertiary/aromatic N) is 1. The summed E-state index contributed by atoms with van der Waals surface area (Å²) in [6.07, 6.45) is 77.7. The SMILES string of the molecule is CC\C=C/C=C/C=C/C=C\C=C\C=C\CCCCCC(=O)OC(/C=C\CCCCCCCCCCCC)C(COP(=O)([O-])OCC[N+](C)(C)C)NC(=O)CCCCCCCCCCCCCCC/C=C\C/C=C\CCCCC. The van der Waals surface area contributed by atoms with Gasteiger partial charge in [0, 0.05) is 12.8 Å². The number of esters is 1. The number of rotatable bonds is 56. The first-order valence-corrected chi connectivity index (χ1v) is 33.2. The van der Waals surface area contributed by atoms with Crippen molar-refractivity contribution in [2.75, 3.05) is 40.9 Å². The minimum Gasteiger partial charge on any atom is -0.756 e. The molecule has 0 radical (unpaired) electrons. The number of allylic oxidation sites excluding steroid dienone is 17. The van der Waals surface area contributed by atoms with Crippen LogP contribution in [0, 0.1) is 0 Å². The molecule has 0 aromatic rings. The molecule has 1 amide bonds. The Kier molecular flexibility index (Phi) is 54.5. The molecule has 3 atom stereocenters. The minimum absolute atomic E-state index is 0.0351. The normalized spacial score (nSPS) is 14.4. The average molecular weight is 1110 g/mol. The summed E-state index contributed by atoms with van der Waals surface area (Å²) in [6, 6.07) is -0.914. The van der Waals surface area contributed by atoms with Gasteiger partial charge in [-0.15, -0.1) is 0 Å². The average Bonchev–Trinajstić information content (AvgIpc) is 3.40. The monoisotopic (exact) mass is 1110 g/mol. The number of phosphoric acid groups is 1. The Bertz CT molecular complexity index is 1700. The molecule has 0 aromatic carbocycles. The van der Waals surface area contributed by atoms with Crippen LogP contribution in [0.5, 0.6) is 0 Å². The molecule has 9 nitrogen and oxygen atoms in total. The number of unbranched alkanes of at least 4 members (excludes halogenated alkanes) is 29. The van der Waals surface area contributed by atoms with Gasteiger partial charge in [0.15, 0.2) is 0 Å². The Balaban J connectivity index is 5.25. The molecular weight excluding hydrogens is 988 g/mol. The van der Waals surface area contributed by atoms with E-state index in [0.717, 1.165) is 77.0 Å². The summed E-state index contributed by atoms with van der Waals surface area (Å²) in [5.74, 6) is -0.596. The van der Waals surface area contributed by atoms with E-state index < -0.39 is 26.6 Å². The maximum atomic E-state index is 13.6. The molecule has 0 aliphatic heterocycles. The molecular formula is C68H119N2O7P. The van der Waals surface area contributed by atoms with Gasteiger partial charge < -0.3 is 28.5 Å². The molecule has 0 bridgehead atoms. The highest BCUT2D eigenvalue weighted by Gasteiger charge is 2.27. The van der Waals surface area contributed by atoms with Crippen LogP contribution in [0.15, 0.2) is 109 Å². The van der Waals surface area contributed by atoms with E-state index in [9.17, 15) is 19.0 Å². The van der Waals surface area contributed by atoms with Gasteiger partial charge in [-0.1, -0.05) is 272 Å². The number of hydrogen-bond acceptors (Lipinski definition) is 7. The standard InChI is InChI=1S/C68H119N2O7P/c1-7-10-13-16-19-22-25-28-30-32-33-34-35-36-37-39-40-42-45-48-51-54-57-60-67(71)69-65(64-76-78(73,74)75-63-62-70(4,5)6)66(59-56-53-50-47-44-27-24-21-18-15-12-9-3)77-68(72)61-58-55-52-49-46-43-41-38-31-29-26-23-20-17-14-11-8-2/h11,14,17,19-20,22-23,26,28-31,38,41,43,46,56,59,65-66H,7-10,12-13,15-16,18,21,24-25,27,32-37,39-40,42,44-45,47-55,57-58,60-64H2,1-6H3,(H-,69,71,73,74)/b14-11-,20-17+,22-19-,26-23+,30-28-,31-29-,41-38+,46-43+,59-56-. The second-order valence-corrected chi connectivity index (χ2v) is 23.7. The highest BCUT2D eigenvalue weighted by Crippen LogP contribution is 2.38. The Morgan fingerprint density at radius 2 is 0.872 bits per heavy atom. The maximum absolute atomic E-state index is 13.6. The fourth-order valence-corrected chi connectivity index (χ4v) is 9.42. The van der Waals surface area contributed by atoms with Crippen molar-refractivity contribution in [3.05, 3.63) is 109 Å². The van der Waals surface area contributed by atoms with Gasteiger partial charge in [-0.05, 0) is 83.1 Å². The minimum atomic E-state index is -4.72. The topological polar surface area (TPSA) is 114 Å². The molecule has 448 valence electrons. The second kappa shape index (κ2) is 56.9. The number of hydrogen-bond donors (Lipinski definition) is 1. The van der Waals surface area contributed by atoms with Crippen LogP contribution in [-0.2, 0) is 27.9 Å². The summed E-state index contributed by atoms with van der Waals surface area (Å²) in [7, 11) is 1.15. The molecule has 0 fully saturated rings. The summed E-state index contributed by atoms with van der Waals surface area (Å²) in [5.41, 5.74) is 0. The molecule has 0 rings (SSSR count). The quantitative estimate of drug-likeness (QED) is 0.0161. The van der Waals surface area contributed by atoms with Crippen molar-refractivity contribution in [2.24, 2.45) is 0 Å². The van der Waals surface area contributed by atoms with Gasteiger partial charge in [0.1, 0.15) is 19.3 Å². The fraction of sp³-hybridized carbons (Fsp3) is 0.706. The predicted molar refractivity (Wildman–Crippen MR) is 334 cm³/mol. The third-order valence-electron chi connectivity index (χ3n) is 13.6. The first-order chi connectivity index (χ1) is 37.9. The molecule has 0 saturated heterocycles. The maximum Gasteiger partial charge on any atom is 0.306 e. The zero-order valence-corrected chi connectivity index (χ0v) is 52.0. The van der Waals surface area contributed by atoms with Gasteiger partial charge in [-0.2, -0.15) is 0 Å². The van der Waals surface area contributed by atoms with Crippen molar-refractivity contribution >= 4 is 19.7 Å². The van der Waals surface area contributed by atoms with Crippen LogP contribution < -0.4 is 10.2 Å². The van der Waals surface area contributed by atoms with Crippen LogP contribution >= 0.6 is 7.82 Å². The van der Waals surface area contributed by atoms with Crippen LogP contribution in [0.2, 0.25) is 0 Å². The van der Waals surface area contributed by atoms with E-state index in [1.54, 1.807) is 0 Å².